The lowest BCUT2D eigenvalue weighted by Crippen LogP contribution is -2.61. The first-order valence-corrected chi connectivity index (χ1v) is 8.00. The zero-order chi connectivity index (χ0) is 20.7. The molecule has 1 heterocycles. The summed E-state index contributed by atoms with van der Waals surface area (Å²) in [6, 6.07) is 0. The van der Waals surface area contributed by atoms with Crippen LogP contribution >= 0.6 is 0 Å². The number of aliphatic hydroxyl groups excluding tert-OH is 1. The second-order valence-electron chi connectivity index (χ2n) is 5.75. The molecule has 1 saturated heterocycles. The van der Waals surface area contributed by atoms with Crippen molar-refractivity contribution in [1.29, 1.82) is 0 Å². The molecule has 0 amide bonds. The smallest absolute Gasteiger partial charge is 0.320 e. The highest BCUT2D eigenvalue weighted by molar-refractivity contribution is 5.95. The van der Waals surface area contributed by atoms with Gasteiger partial charge in [-0.15, -0.1) is 0 Å². The van der Waals surface area contributed by atoms with Gasteiger partial charge in [0.2, 0.25) is 0 Å². The van der Waals surface area contributed by atoms with E-state index < -0.39 is 60.3 Å². The van der Waals surface area contributed by atoms with E-state index in [1.165, 1.54) is 14.0 Å². The van der Waals surface area contributed by atoms with Gasteiger partial charge in [0.25, 0.3) is 0 Å². The van der Waals surface area contributed by atoms with Crippen LogP contribution in [-0.2, 0) is 47.6 Å². The molecule has 0 aromatic rings. The summed E-state index contributed by atoms with van der Waals surface area (Å²) in [6.45, 7) is 1.92. The number of carbonyl (C=O) groups is 4. The van der Waals surface area contributed by atoms with Crippen molar-refractivity contribution in [3.05, 3.63) is 0 Å². The van der Waals surface area contributed by atoms with Crippen LogP contribution in [0.15, 0.2) is 0 Å². The maximum Gasteiger partial charge on any atom is 0.320 e. The predicted molar refractivity (Wildman–Crippen MR) is 84.9 cm³/mol. The predicted octanol–water partition coefficient (Wildman–Crippen LogP) is -1.21. The fourth-order valence-electron chi connectivity index (χ4n) is 2.84. The van der Waals surface area contributed by atoms with Gasteiger partial charge in [-0.05, 0) is 0 Å². The molecule has 1 fully saturated rings. The van der Waals surface area contributed by atoms with Crippen LogP contribution in [-0.4, -0.2) is 81.5 Å². The van der Waals surface area contributed by atoms with Crippen molar-refractivity contribution in [3.63, 3.8) is 0 Å². The molecule has 5 atom stereocenters. The Morgan fingerprint density at radius 2 is 1.56 bits per heavy atom. The molecule has 0 unspecified atom stereocenters. The SMILES string of the molecule is COC(=O)C(C(=O)OC)[C@H]1[C@H](OC)O[C@H](COC(C)=O)[C@@H](OC(C)=O)[C@@H]1O. The van der Waals surface area contributed by atoms with Gasteiger partial charge >= 0.3 is 23.9 Å². The van der Waals surface area contributed by atoms with Crippen LogP contribution in [0.3, 0.4) is 0 Å². The summed E-state index contributed by atoms with van der Waals surface area (Å²) in [5.74, 6) is -6.26. The third-order valence-electron chi connectivity index (χ3n) is 4.00. The molecule has 0 aromatic carbocycles. The van der Waals surface area contributed by atoms with Crippen molar-refractivity contribution < 1.29 is 52.7 Å². The minimum atomic E-state index is -1.60. The number of aliphatic hydroxyl groups is 1. The second-order valence-corrected chi connectivity index (χ2v) is 5.75. The van der Waals surface area contributed by atoms with Crippen LogP contribution in [0.25, 0.3) is 0 Å². The van der Waals surface area contributed by atoms with Crippen LogP contribution in [0.2, 0.25) is 0 Å². The molecule has 1 rings (SSSR count). The summed E-state index contributed by atoms with van der Waals surface area (Å²) in [4.78, 5) is 46.8. The molecule has 0 bridgehead atoms. The first kappa shape index (κ1) is 22.8. The third kappa shape index (κ3) is 5.62. The largest absolute Gasteiger partial charge is 0.468 e. The van der Waals surface area contributed by atoms with Crippen molar-refractivity contribution in [1.82, 2.24) is 0 Å². The summed E-state index contributed by atoms with van der Waals surface area (Å²) in [7, 11) is 3.34. The van der Waals surface area contributed by atoms with Crippen LogP contribution < -0.4 is 0 Å². The minimum absolute atomic E-state index is 0.349. The number of hydrogen-bond donors (Lipinski definition) is 1. The van der Waals surface area contributed by atoms with Gasteiger partial charge in [0, 0.05) is 21.0 Å². The lowest BCUT2D eigenvalue weighted by molar-refractivity contribution is -0.290. The van der Waals surface area contributed by atoms with Gasteiger partial charge in [-0.3, -0.25) is 19.2 Å². The standard InChI is InChI=1S/C16H24O11/c1-7(17)25-6-9-13(26-8(2)18)12(19)10(16(24-5)27-9)11(14(20)22-3)15(21)23-4/h9-13,16,19H,6H2,1-5H3/t9-,10-,12-,13-,16-/m1/s1. The maximum absolute atomic E-state index is 12.1. The van der Waals surface area contributed by atoms with Gasteiger partial charge in [-0.1, -0.05) is 0 Å². The summed E-state index contributed by atoms with van der Waals surface area (Å²) < 4.78 is 29.9. The third-order valence-corrected chi connectivity index (χ3v) is 4.00. The fourth-order valence-corrected chi connectivity index (χ4v) is 2.84. The lowest BCUT2D eigenvalue weighted by atomic mass is 9.81. The van der Waals surface area contributed by atoms with Gasteiger partial charge in [0.1, 0.15) is 18.8 Å². The van der Waals surface area contributed by atoms with E-state index in [4.69, 9.17) is 18.9 Å². The van der Waals surface area contributed by atoms with E-state index in [1.807, 2.05) is 0 Å². The monoisotopic (exact) mass is 392 g/mol. The number of esters is 4. The zero-order valence-electron chi connectivity index (χ0n) is 15.7. The van der Waals surface area contributed by atoms with Gasteiger partial charge in [0.05, 0.1) is 20.1 Å². The van der Waals surface area contributed by atoms with Gasteiger partial charge in [-0.25, -0.2) is 0 Å². The zero-order valence-corrected chi connectivity index (χ0v) is 15.7. The highest BCUT2D eigenvalue weighted by atomic mass is 16.7. The van der Waals surface area contributed by atoms with Crippen LogP contribution in [0.1, 0.15) is 13.8 Å². The van der Waals surface area contributed by atoms with E-state index in [9.17, 15) is 24.3 Å². The first-order valence-electron chi connectivity index (χ1n) is 8.00. The van der Waals surface area contributed by atoms with Crippen molar-refractivity contribution in [2.24, 2.45) is 11.8 Å². The number of hydrogen-bond acceptors (Lipinski definition) is 11. The van der Waals surface area contributed by atoms with Crippen LogP contribution in [0, 0.1) is 11.8 Å². The summed E-state index contributed by atoms with van der Waals surface area (Å²) >= 11 is 0. The van der Waals surface area contributed by atoms with Gasteiger partial charge in [-0.2, -0.15) is 0 Å². The number of rotatable bonds is 7. The van der Waals surface area contributed by atoms with E-state index >= 15 is 0 Å². The molecule has 1 N–H and O–H groups in total. The quantitative estimate of drug-likeness (QED) is 0.316. The molecular weight excluding hydrogens is 368 g/mol. The Hall–Kier alpha value is -2.24. The molecule has 0 spiro atoms. The second kappa shape index (κ2) is 10.2. The summed E-state index contributed by atoms with van der Waals surface area (Å²) in [5.41, 5.74) is 0. The molecule has 0 aliphatic carbocycles. The Balaban J connectivity index is 3.26. The molecular formula is C16H24O11. The van der Waals surface area contributed by atoms with Crippen molar-refractivity contribution in [3.8, 4) is 0 Å². The highest BCUT2D eigenvalue weighted by Crippen LogP contribution is 2.35. The van der Waals surface area contributed by atoms with Crippen LogP contribution in [0.5, 0.6) is 0 Å². The Kier molecular flexibility index (Phi) is 8.60. The molecule has 27 heavy (non-hydrogen) atoms. The average molecular weight is 392 g/mol. The van der Waals surface area contributed by atoms with E-state index in [1.54, 1.807) is 0 Å². The Bertz CT molecular complexity index is 545. The van der Waals surface area contributed by atoms with Crippen LogP contribution in [0.4, 0.5) is 0 Å². The molecule has 0 aromatic heterocycles. The molecule has 0 saturated carbocycles. The van der Waals surface area contributed by atoms with Crippen molar-refractivity contribution >= 4 is 23.9 Å². The lowest BCUT2D eigenvalue weighted by Gasteiger charge is -2.44. The maximum atomic E-state index is 12.1. The van der Waals surface area contributed by atoms with Crippen molar-refractivity contribution in [2.45, 2.75) is 38.4 Å². The number of carbonyl (C=O) groups excluding carboxylic acids is 4. The fraction of sp³-hybridized carbons (Fsp3) is 0.750. The molecule has 1 aliphatic heterocycles. The summed E-state index contributed by atoms with van der Waals surface area (Å²) in [6.07, 6.45) is -5.30. The van der Waals surface area contributed by atoms with Gasteiger partial charge < -0.3 is 33.5 Å². The Morgan fingerprint density at radius 3 is 1.96 bits per heavy atom. The molecule has 1 aliphatic rings. The number of methoxy groups -OCH3 is 3. The summed E-state index contributed by atoms with van der Waals surface area (Å²) in [5, 5.41) is 10.8. The first-order chi connectivity index (χ1) is 12.7. The van der Waals surface area contributed by atoms with E-state index in [0.717, 1.165) is 21.1 Å². The molecule has 0 radical (unpaired) electrons. The normalized spacial score (nSPS) is 27.6. The Labute approximate surface area is 155 Å². The van der Waals surface area contributed by atoms with E-state index in [2.05, 4.69) is 9.47 Å². The number of ether oxygens (including phenoxy) is 6. The topological polar surface area (TPSA) is 144 Å². The van der Waals surface area contributed by atoms with Gasteiger partial charge in [0.15, 0.2) is 18.3 Å². The highest BCUT2D eigenvalue weighted by Gasteiger charge is 2.55. The Morgan fingerprint density at radius 1 is 1.00 bits per heavy atom. The van der Waals surface area contributed by atoms with E-state index in [0.29, 0.717) is 0 Å². The molecule has 11 heteroatoms. The van der Waals surface area contributed by atoms with E-state index in [-0.39, 0.29) is 6.61 Å². The van der Waals surface area contributed by atoms with Crippen molar-refractivity contribution in [2.75, 3.05) is 27.9 Å². The molecule has 11 nitrogen and oxygen atoms in total. The minimum Gasteiger partial charge on any atom is -0.468 e. The molecule has 154 valence electrons. The average Bonchev–Trinajstić information content (AvgIpc) is 2.62.